The molecular formula is C22H14Cl2N4O2S. The molecule has 0 unspecified atom stereocenters. The fourth-order valence-corrected chi connectivity index (χ4v) is 4.75. The molecule has 2 aromatic heterocycles. The average Bonchev–Trinajstić information content (AvgIpc) is 3.48. The van der Waals surface area contributed by atoms with Gasteiger partial charge in [0.15, 0.2) is 0 Å². The molecular weight excluding hydrogens is 455 g/mol. The van der Waals surface area contributed by atoms with Gasteiger partial charge >= 0.3 is 0 Å². The molecule has 0 aliphatic heterocycles. The molecule has 0 amide bonds. The maximum Gasteiger partial charge on any atom is 0.270 e. The molecule has 0 radical (unpaired) electrons. The minimum atomic E-state index is -0.382. The van der Waals surface area contributed by atoms with Crippen molar-refractivity contribution in [2.75, 3.05) is 0 Å². The topological polar surface area (TPSA) is 73.8 Å². The van der Waals surface area contributed by atoms with Gasteiger partial charge in [-0.2, -0.15) is 5.10 Å². The Morgan fingerprint density at radius 2 is 2.00 bits per heavy atom. The molecule has 6 nitrogen and oxygen atoms in total. The van der Waals surface area contributed by atoms with Crippen LogP contribution in [-0.4, -0.2) is 19.7 Å². The molecule has 9 heteroatoms. The quantitative estimate of drug-likeness (QED) is 0.246. The van der Waals surface area contributed by atoms with Gasteiger partial charge in [-0.3, -0.25) is 10.1 Å². The molecule has 31 heavy (non-hydrogen) atoms. The lowest BCUT2D eigenvalue weighted by molar-refractivity contribution is -0.384. The first-order chi connectivity index (χ1) is 15.0. The zero-order valence-electron chi connectivity index (χ0n) is 16.0. The molecule has 0 saturated heterocycles. The highest BCUT2D eigenvalue weighted by atomic mass is 35.5. The number of rotatable bonds is 4. The Labute approximate surface area is 191 Å². The van der Waals surface area contributed by atoms with E-state index in [1.807, 2.05) is 34.5 Å². The van der Waals surface area contributed by atoms with Gasteiger partial charge in [0, 0.05) is 23.1 Å². The van der Waals surface area contributed by atoms with Crippen LogP contribution in [0.15, 0.2) is 54.0 Å². The van der Waals surface area contributed by atoms with Crippen LogP contribution in [-0.2, 0) is 6.42 Å². The van der Waals surface area contributed by atoms with Gasteiger partial charge in [0.25, 0.3) is 5.69 Å². The maximum atomic E-state index is 11.1. The smallest absolute Gasteiger partial charge is 0.258 e. The summed E-state index contributed by atoms with van der Waals surface area (Å²) in [6, 6.07) is 12.1. The SMILES string of the molecule is O=[N+]([O-])c1cccc(/C=C2\CCc3cnn(-c4nc(-c5ccc(Cl)c(Cl)c5)cs4)c32)c1. The van der Waals surface area contributed by atoms with E-state index in [1.54, 1.807) is 24.3 Å². The van der Waals surface area contributed by atoms with Crippen LogP contribution < -0.4 is 0 Å². The second-order valence-corrected chi connectivity index (χ2v) is 8.75. The Hall–Kier alpha value is -3.00. The minimum absolute atomic E-state index is 0.0762. The van der Waals surface area contributed by atoms with Crippen molar-refractivity contribution in [3.63, 3.8) is 0 Å². The first-order valence-electron chi connectivity index (χ1n) is 9.43. The highest BCUT2D eigenvalue weighted by Crippen LogP contribution is 2.37. The number of thiazole rings is 1. The summed E-state index contributed by atoms with van der Waals surface area (Å²) in [7, 11) is 0. The lowest BCUT2D eigenvalue weighted by atomic mass is 10.1. The van der Waals surface area contributed by atoms with Crippen LogP contribution in [0.3, 0.4) is 0 Å². The Kier molecular flexibility index (Phi) is 5.09. The van der Waals surface area contributed by atoms with E-state index in [2.05, 4.69) is 5.10 Å². The number of nitro groups is 1. The van der Waals surface area contributed by atoms with Gasteiger partial charge in [-0.05, 0) is 47.8 Å². The van der Waals surface area contributed by atoms with Crippen molar-refractivity contribution >= 4 is 51.9 Å². The summed E-state index contributed by atoms with van der Waals surface area (Å²) in [4.78, 5) is 15.5. The third-order valence-electron chi connectivity index (χ3n) is 5.12. The molecule has 2 heterocycles. The van der Waals surface area contributed by atoms with Gasteiger partial charge in [-0.15, -0.1) is 11.3 Å². The van der Waals surface area contributed by atoms with Gasteiger partial charge in [-0.25, -0.2) is 9.67 Å². The van der Waals surface area contributed by atoms with Gasteiger partial charge in [0.2, 0.25) is 5.13 Å². The van der Waals surface area contributed by atoms with Crippen molar-refractivity contribution in [3.8, 4) is 16.4 Å². The zero-order valence-corrected chi connectivity index (χ0v) is 18.3. The number of non-ortho nitro benzene ring substituents is 1. The number of benzene rings is 2. The molecule has 1 aliphatic carbocycles. The van der Waals surface area contributed by atoms with Crippen LogP contribution in [0.1, 0.15) is 23.2 Å². The van der Waals surface area contributed by atoms with Crippen molar-refractivity contribution in [1.82, 2.24) is 14.8 Å². The molecule has 154 valence electrons. The van der Waals surface area contributed by atoms with Crippen LogP contribution in [0, 0.1) is 10.1 Å². The number of nitro benzene ring substituents is 1. The number of fused-ring (bicyclic) bond motifs is 1. The Balaban J connectivity index is 1.52. The normalized spacial score (nSPS) is 14.2. The van der Waals surface area contributed by atoms with Crippen molar-refractivity contribution < 1.29 is 4.92 Å². The van der Waals surface area contributed by atoms with Gasteiger partial charge < -0.3 is 0 Å². The van der Waals surface area contributed by atoms with E-state index in [0.717, 1.165) is 51.6 Å². The summed E-state index contributed by atoms with van der Waals surface area (Å²) in [5.41, 5.74) is 5.77. The summed E-state index contributed by atoms with van der Waals surface area (Å²) in [6.07, 6.45) is 5.58. The van der Waals surface area contributed by atoms with Crippen LogP contribution in [0.4, 0.5) is 5.69 Å². The van der Waals surface area contributed by atoms with Crippen molar-refractivity contribution in [1.29, 1.82) is 0 Å². The molecule has 1 aliphatic rings. The van der Waals surface area contributed by atoms with Crippen molar-refractivity contribution in [2.24, 2.45) is 0 Å². The molecule has 0 saturated carbocycles. The standard InChI is InChI=1S/C22H14Cl2N4O2S/c23-18-7-6-14(10-19(18)24)20-12-31-22(26-20)27-21-15(4-5-16(21)11-25-27)8-13-2-1-3-17(9-13)28(29)30/h1-3,6-12H,4-5H2/b15-8+. The van der Waals surface area contributed by atoms with E-state index in [9.17, 15) is 10.1 Å². The van der Waals surface area contributed by atoms with Crippen LogP contribution in [0.5, 0.6) is 0 Å². The van der Waals surface area contributed by atoms with E-state index in [1.165, 1.54) is 17.4 Å². The summed E-state index contributed by atoms with van der Waals surface area (Å²) in [6.45, 7) is 0. The highest BCUT2D eigenvalue weighted by molar-refractivity contribution is 7.12. The third kappa shape index (κ3) is 3.76. The Morgan fingerprint density at radius 1 is 1.13 bits per heavy atom. The largest absolute Gasteiger partial charge is 0.270 e. The number of aryl methyl sites for hydroxylation is 1. The lowest BCUT2D eigenvalue weighted by Crippen LogP contribution is -2.00. The molecule has 2 aromatic carbocycles. The highest BCUT2D eigenvalue weighted by Gasteiger charge is 2.24. The van der Waals surface area contributed by atoms with Crippen LogP contribution in [0.2, 0.25) is 10.0 Å². The van der Waals surface area contributed by atoms with E-state index in [4.69, 9.17) is 28.2 Å². The zero-order chi connectivity index (χ0) is 21.5. The van der Waals surface area contributed by atoms with Crippen molar-refractivity contribution in [2.45, 2.75) is 12.8 Å². The Bertz CT molecular complexity index is 1360. The number of halogens is 2. The summed E-state index contributed by atoms with van der Waals surface area (Å²) >= 11 is 13.7. The number of nitrogens with zero attached hydrogens (tertiary/aromatic N) is 4. The first-order valence-corrected chi connectivity index (χ1v) is 11.1. The van der Waals surface area contributed by atoms with Crippen molar-refractivity contribution in [3.05, 3.63) is 91.0 Å². The predicted octanol–water partition coefficient (Wildman–Crippen LogP) is 6.70. The number of aromatic nitrogens is 3. The van der Waals surface area contributed by atoms with Crippen LogP contribution >= 0.6 is 34.5 Å². The Morgan fingerprint density at radius 3 is 2.81 bits per heavy atom. The van der Waals surface area contributed by atoms with E-state index < -0.39 is 0 Å². The average molecular weight is 469 g/mol. The fraction of sp³-hybridized carbons (Fsp3) is 0.0909. The van der Waals surface area contributed by atoms with Gasteiger partial charge in [-0.1, -0.05) is 41.4 Å². The van der Waals surface area contributed by atoms with E-state index >= 15 is 0 Å². The third-order valence-corrected chi connectivity index (χ3v) is 6.68. The molecule has 0 atom stereocenters. The molecule has 0 N–H and O–H groups in total. The van der Waals surface area contributed by atoms with Crippen LogP contribution in [0.25, 0.3) is 28.0 Å². The molecule has 0 bridgehead atoms. The predicted molar refractivity (Wildman–Crippen MR) is 124 cm³/mol. The maximum absolute atomic E-state index is 11.1. The lowest BCUT2D eigenvalue weighted by Gasteiger charge is -2.05. The molecule has 5 rings (SSSR count). The monoisotopic (exact) mass is 468 g/mol. The van der Waals surface area contributed by atoms with Gasteiger partial charge in [0.05, 0.1) is 32.6 Å². The summed E-state index contributed by atoms with van der Waals surface area (Å²) in [5.74, 6) is 0. The van der Waals surface area contributed by atoms with Gasteiger partial charge in [0.1, 0.15) is 0 Å². The van der Waals surface area contributed by atoms with E-state index in [-0.39, 0.29) is 10.6 Å². The molecule has 4 aromatic rings. The first kappa shape index (κ1) is 19.9. The summed E-state index contributed by atoms with van der Waals surface area (Å²) in [5, 5.41) is 19.3. The number of hydrogen-bond donors (Lipinski definition) is 0. The second kappa shape index (κ2) is 7.92. The number of hydrogen-bond acceptors (Lipinski definition) is 5. The summed E-state index contributed by atoms with van der Waals surface area (Å²) < 4.78 is 1.84. The second-order valence-electron chi connectivity index (χ2n) is 7.10. The minimum Gasteiger partial charge on any atom is -0.258 e. The molecule has 0 spiro atoms. The fourth-order valence-electron chi connectivity index (χ4n) is 3.66. The van der Waals surface area contributed by atoms with E-state index in [0.29, 0.717) is 10.0 Å². The molecule has 0 fully saturated rings. The number of allylic oxidation sites excluding steroid dienone is 1.